The maximum Gasteiger partial charge on any atom is 0.0618 e. The molecular formula is C9H15NO. The maximum atomic E-state index is 9.28. The third-order valence-corrected chi connectivity index (χ3v) is 3.03. The summed E-state index contributed by atoms with van der Waals surface area (Å²) in [5.74, 6) is 0. The Hall–Kier alpha value is -0.340. The minimum absolute atomic E-state index is 0.134. The fraction of sp³-hybridized carbons (Fsp3) is 0.778. The molecule has 0 saturated carbocycles. The van der Waals surface area contributed by atoms with Crippen molar-refractivity contribution in [1.82, 2.24) is 4.90 Å². The fourth-order valence-corrected chi connectivity index (χ4v) is 2.26. The summed E-state index contributed by atoms with van der Waals surface area (Å²) >= 11 is 0. The Bertz CT molecular complexity index is 178. The van der Waals surface area contributed by atoms with E-state index in [-0.39, 0.29) is 5.54 Å². The molecule has 0 aliphatic carbocycles. The molecule has 1 fully saturated rings. The summed E-state index contributed by atoms with van der Waals surface area (Å²) in [5, 5.41) is 9.28. The molecule has 0 amide bonds. The fourth-order valence-electron chi connectivity index (χ4n) is 2.26. The minimum atomic E-state index is 0.134. The smallest absolute Gasteiger partial charge is 0.0618 e. The molecule has 2 aliphatic rings. The molecule has 1 N–H and O–H groups in total. The molecule has 2 aliphatic heterocycles. The monoisotopic (exact) mass is 153 g/mol. The molecule has 1 unspecified atom stereocenters. The van der Waals surface area contributed by atoms with E-state index in [1.165, 1.54) is 19.4 Å². The summed E-state index contributed by atoms with van der Waals surface area (Å²) in [6.45, 7) is 2.54. The van der Waals surface area contributed by atoms with Crippen molar-refractivity contribution in [2.45, 2.75) is 24.8 Å². The van der Waals surface area contributed by atoms with Crippen LogP contribution < -0.4 is 0 Å². The Kier molecular flexibility index (Phi) is 1.74. The topological polar surface area (TPSA) is 23.5 Å². The number of fused-ring (bicyclic) bond motifs is 1. The van der Waals surface area contributed by atoms with Crippen LogP contribution in [0.4, 0.5) is 0 Å². The van der Waals surface area contributed by atoms with Crippen molar-refractivity contribution in [2.75, 3.05) is 19.7 Å². The van der Waals surface area contributed by atoms with Gasteiger partial charge < -0.3 is 5.11 Å². The highest BCUT2D eigenvalue weighted by Crippen LogP contribution is 2.34. The number of aliphatic hydroxyl groups excluding tert-OH is 1. The van der Waals surface area contributed by atoms with Gasteiger partial charge in [0, 0.05) is 12.1 Å². The molecule has 1 atom stereocenters. The molecule has 0 spiro atoms. The van der Waals surface area contributed by atoms with Crippen molar-refractivity contribution in [2.24, 2.45) is 0 Å². The summed E-state index contributed by atoms with van der Waals surface area (Å²) in [6.07, 6.45) is 7.89. The molecule has 2 rings (SSSR count). The van der Waals surface area contributed by atoms with Crippen LogP contribution >= 0.6 is 0 Å². The summed E-state index contributed by atoms with van der Waals surface area (Å²) < 4.78 is 0. The average molecular weight is 153 g/mol. The van der Waals surface area contributed by atoms with E-state index in [0.29, 0.717) is 6.61 Å². The Morgan fingerprint density at radius 1 is 1.45 bits per heavy atom. The van der Waals surface area contributed by atoms with Gasteiger partial charge in [-0.15, -0.1) is 0 Å². The Labute approximate surface area is 67.5 Å². The van der Waals surface area contributed by atoms with Crippen molar-refractivity contribution in [3.05, 3.63) is 12.2 Å². The third-order valence-electron chi connectivity index (χ3n) is 3.03. The van der Waals surface area contributed by atoms with Crippen molar-refractivity contribution in [1.29, 1.82) is 0 Å². The summed E-state index contributed by atoms with van der Waals surface area (Å²) in [4.78, 5) is 2.41. The van der Waals surface area contributed by atoms with Gasteiger partial charge in [0.15, 0.2) is 0 Å². The Morgan fingerprint density at radius 3 is 3.09 bits per heavy atom. The number of nitrogens with zero attached hydrogens (tertiary/aromatic N) is 1. The predicted octanol–water partition coefficient (Wildman–Crippen LogP) is 0.773. The lowest BCUT2D eigenvalue weighted by Crippen LogP contribution is -2.48. The van der Waals surface area contributed by atoms with Gasteiger partial charge in [-0.1, -0.05) is 12.2 Å². The zero-order chi connectivity index (χ0) is 7.73. The summed E-state index contributed by atoms with van der Waals surface area (Å²) in [6, 6.07) is 0. The molecule has 62 valence electrons. The van der Waals surface area contributed by atoms with Gasteiger partial charge in [-0.2, -0.15) is 0 Å². The molecule has 1 saturated heterocycles. The first-order valence-electron chi connectivity index (χ1n) is 4.38. The van der Waals surface area contributed by atoms with Crippen LogP contribution in [0.5, 0.6) is 0 Å². The molecule has 2 heteroatoms. The highest BCUT2D eigenvalue weighted by atomic mass is 16.3. The van der Waals surface area contributed by atoms with Gasteiger partial charge in [-0.3, -0.25) is 4.90 Å². The zero-order valence-electron chi connectivity index (χ0n) is 6.79. The van der Waals surface area contributed by atoms with Crippen molar-refractivity contribution in [3.8, 4) is 0 Å². The van der Waals surface area contributed by atoms with E-state index in [1.54, 1.807) is 0 Å². The van der Waals surface area contributed by atoms with Gasteiger partial charge >= 0.3 is 0 Å². The molecular weight excluding hydrogens is 138 g/mol. The van der Waals surface area contributed by atoms with Crippen LogP contribution in [-0.4, -0.2) is 35.2 Å². The number of hydrogen-bond donors (Lipinski definition) is 1. The molecule has 11 heavy (non-hydrogen) atoms. The molecule has 0 bridgehead atoms. The SMILES string of the molecule is OCC12CC=CCN1CCC2. The lowest BCUT2D eigenvalue weighted by Gasteiger charge is -2.38. The van der Waals surface area contributed by atoms with Crippen LogP contribution in [0.15, 0.2) is 12.2 Å². The van der Waals surface area contributed by atoms with E-state index in [9.17, 15) is 5.11 Å². The van der Waals surface area contributed by atoms with Crippen LogP contribution in [0.2, 0.25) is 0 Å². The minimum Gasteiger partial charge on any atom is -0.394 e. The van der Waals surface area contributed by atoms with E-state index >= 15 is 0 Å². The second-order valence-corrected chi connectivity index (χ2v) is 3.61. The van der Waals surface area contributed by atoms with E-state index in [0.717, 1.165) is 13.0 Å². The van der Waals surface area contributed by atoms with Gasteiger partial charge in [0.25, 0.3) is 0 Å². The summed E-state index contributed by atoms with van der Waals surface area (Å²) in [7, 11) is 0. The summed E-state index contributed by atoms with van der Waals surface area (Å²) in [5.41, 5.74) is 0.134. The number of rotatable bonds is 1. The standard InChI is InChI=1S/C9H15NO/c11-8-9-4-1-2-6-10(9)7-3-5-9/h1-2,11H,3-8H2. The molecule has 2 nitrogen and oxygen atoms in total. The van der Waals surface area contributed by atoms with E-state index in [4.69, 9.17) is 0 Å². The van der Waals surface area contributed by atoms with Crippen LogP contribution in [0.25, 0.3) is 0 Å². The normalized spacial score (nSPS) is 37.5. The zero-order valence-corrected chi connectivity index (χ0v) is 6.79. The molecule has 2 heterocycles. The van der Waals surface area contributed by atoms with Gasteiger partial charge in [0.1, 0.15) is 0 Å². The number of aliphatic hydroxyl groups is 1. The first kappa shape index (κ1) is 7.32. The second-order valence-electron chi connectivity index (χ2n) is 3.61. The van der Waals surface area contributed by atoms with Crippen molar-refractivity contribution >= 4 is 0 Å². The Balaban J connectivity index is 2.19. The van der Waals surface area contributed by atoms with E-state index in [2.05, 4.69) is 17.1 Å². The molecule has 0 aromatic heterocycles. The van der Waals surface area contributed by atoms with Crippen molar-refractivity contribution < 1.29 is 5.11 Å². The first-order chi connectivity index (χ1) is 5.37. The van der Waals surface area contributed by atoms with Gasteiger partial charge in [0.2, 0.25) is 0 Å². The largest absolute Gasteiger partial charge is 0.394 e. The molecule has 0 radical (unpaired) electrons. The quantitative estimate of drug-likeness (QED) is 0.562. The first-order valence-corrected chi connectivity index (χ1v) is 4.38. The van der Waals surface area contributed by atoms with E-state index < -0.39 is 0 Å². The van der Waals surface area contributed by atoms with E-state index in [1.807, 2.05) is 0 Å². The lowest BCUT2D eigenvalue weighted by atomic mass is 9.91. The molecule has 0 aromatic carbocycles. The van der Waals surface area contributed by atoms with Gasteiger partial charge in [-0.25, -0.2) is 0 Å². The van der Waals surface area contributed by atoms with Crippen LogP contribution in [0.3, 0.4) is 0 Å². The second kappa shape index (κ2) is 2.61. The van der Waals surface area contributed by atoms with Crippen LogP contribution in [0.1, 0.15) is 19.3 Å². The maximum absolute atomic E-state index is 9.28. The van der Waals surface area contributed by atoms with Crippen molar-refractivity contribution in [3.63, 3.8) is 0 Å². The van der Waals surface area contributed by atoms with Crippen LogP contribution in [-0.2, 0) is 0 Å². The average Bonchev–Trinajstić information content (AvgIpc) is 2.48. The third kappa shape index (κ3) is 1.01. The Morgan fingerprint density at radius 2 is 2.36 bits per heavy atom. The van der Waals surface area contributed by atoms with Gasteiger partial charge in [-0.05, 0) is 25.8 Å². The van der Waals surface area contributed by atoms with Gasteiger partial charge in [0.05, 0.1) is 6.61 Å². The highest BCUT2D eigenvalue weighted by molar-refractivity contribution is 5.07. The predicted molar refractivity (Wildman–Crippen MR) is 44.4 cm³/mol. The molecule has 0 aromatic rings. The highest BCUT2D eigenvalue weighted by Gasteiger charge is 2.39. The van der Waals surface area contributed by atoms with Crippen LogP contribution in [0, 0.1) is 0 Å². The lowest BCUT2D eigenvalue weighted by molar-refractivity contribution is 0.0693. The number of hydrogen-bond acceptors (Lipinski definition) is 2.